The Balaban J connectivity index is 1.36. The van der Waals surface area contributed by atoms with Gasteiger partial charge in [0.2, 0.25) is 5.91 Å². The van der Waals surface area contributed by atoms with E-state index in [9.17, 15) is 50.2 Å². The van der Waals surface area contributed by atoms with Gasteiger partial charge in [0.15, 0.2) is 6.10 Å². The van der Waals surface area contributed by atoms with Crippen LogP contribution in [0.5, 0.6) is 5.75 Å². The predicted octanol–water partition coefficient (Wildman–Crippen LogP) is 6.14. The van der Waals surface area contributed by atoms with Gasteiger partial charge in [-0.15, -0.1) is 11.3 Å². The maximum atomic E-state index is 13.9. The van der Waals surface area contributed by atoms with Crippen molar-refractivity contribution in [2.75, 3.05) is 37.4 Å². The molecule has 0 aliphatic carbocycles. The molecule has 1 saturated heterocycles. The van der Waals surface area contributed by atoms with E-state index in [1.165, 1.54) is 24.1 Å². The number of nitrogens with zero attached hydrogens (tertiary/aromatic N) is 2. The number of thiophene rings is 1. The lowest BCUT2D eigenvalue weighted by Gasteiger charge is -2.16. The lowest BCUT2D eigenvalue weighted by Crippen LogP contribution is -2.32. The van der Waals surface area contributed by atoms with Crippen molar-refractivity contribution in [2.24, 2.45) is 11.1 Å². The van der Waals surface area contributed by atoms with Gasteiger partial charge in [0, 0.05) is 27.9 Å². The number of likely N-dealkylation sites (tertiary alicyclic amines) is 1. The van der Waals surface area contributed by atoms with Crippen molar-refractivity contribution in [3.05, 3.63) is 87.5 Å². The molecule has 10 nitrogen and oxygen atoms in total. The van der Waals surface area contributed by atoms with Gasteiger partial charge in [0.1, 0.15) is 23.1 Å². The number of carbonyl (C=O) groups is 3. The second-order valence-electron chi connectivity index (χ2n) is 11.2. The van der Waals surface area contributed by atoms with Gasteiger partial charge in [-0.05, 0) is 48.5 Å². The van der Waals surface area contributed by atoms with Crippen LogP contribution in [0, 0.1) is 11.7 Å². The van der Waals surface area contributed by atoms with E-state index < -0.39 is 71.3 Å². The van der Waals surface area contributed by atoms with Crippen molar-refractivity contribution in [3.8, 4) is 5.75 Å². The molecule has 2 atom stereocenters. The summed E-state index contributed by atoms with van der Waals surface area (Å²) in [6.45, 7) is -0.317. The number of rotatable bonds is 7. The molecule has 0 bridgehead atoms. The number of methoxy groups -OCH3 is 1. The molecule has 0 saturated carbocycles. The average Bonchev–Trinajstić information content (AvgIpc) is 3.77. The Morgan fingerprint density at radius 2 is 1.74 bits per heavy atom. The number of anilines is 2. The number of oxime groups is 1. The third-order valence-electron chi connectivity index (χ3n) is 8.12. The van der Waals surface area contributed by atoms with Crippen LogP contribution in [0.4, 0.5) is 42.1 Å². The molecule has 3 heterocycles. The number of hydrogen-bond acceptors (Lipinski definition) is 8. The summed E-state index contributed by atoms with van der Waals surface area (Å²) in [5.74, 6) is -4.39. The Bertz CT molecular complexity index is 2060. The highest BCUT2D eigenvalue weighted by molar-refractivity contribution is 7.21. The molecule has 0 spiro atoms. The Morgan fingerprint density at radius 1 is 0.980 bits per heavy atom. The van der Waals surface area contributed by atoms with E-state index in [0.717, 1.165) is 24.3 Å². The van der Waals surface area contributed by atoms with Crippen LogP contribution in [-0.4, -0.2) is 66.3 Å². The van der Waals surface area contributed by atoms with Gasteiger partial charge in [0.25, 0.3) is 11.8 Å². The monoisotopic (exact) mass is 724 g/mol. The van der Waals surface area contributed by atoms with Gasteiger partial charge in [-0.25, -0.2) is 4.39 Å². The van der Waals surface area contributed by atoms with Crippen molar-refractivity contribution >= 4 is 56.2 Å². The lowest BCUT2D eigenvalue weighted by atomic mass is 9.93. The van der Waals surface area contributed by atoms with E-state index in [2.05, 4.69) is 15.8 Å². The van der Waals surface area contributed by atoms with Crippen molar-refractivity contribution in [2.45, 2.75) is 18.5 Å². The van der Waals surface area contributed by atoms with Gasteiger partial charge in [-0.1, -0.05) is 11.2 Å². The maximum absolute atomic E-state index is 13.9. The van der Waals surface area contributed by atoms with Crippen LogP contribution in [0.3, 0.4) is 0 Å². The molecule has 1 fully saturated rings. The summed E-state index contributed by atoms with van der Waals surface area (Å²) < 4.78 is 99.7. The first-order valence-electron chi connectivity index (χ1n) is 14.5. The molecule has 262 valence electrons. The summed E-state index contributed by atoms with van der Waals surface area (Å²) >= 11 is 0.540. The second kappa shape index (κ2) is 12.9. The molecule has 4 aromatic rings. The zero-order valence-electron chi connectivity index (χ0n) is 25.4. The molecule has 0 radical (unpaired) electrons. The number of benzene rings is 3. The molecule has 2 aliphatic rings. The third kappa shape index (κ3) is 6.55. The molecular formula is C32H23F7N4O6S. The van der Waals surface area contributed by atoms with Gasteiger partial charge >= 0.3 is 12.4 Å². The van der Waals surface area contributed by atoms with E-state index in [-0.39, 0.29) is 45.1 Å². The summed E-state index contributed by atoms with van der Waals surface area (Å²) in [4.78, 5) is 45.9. The largest absolute Gasteiger partial charge is 0.496 e. The smallest absolute Gasteiger partial charge is 0.419 e. The third-order valence-corrected chi connectivity index (χ3v) is 9.27. The molecule has 18 heteroatoms. The number of hydrogen-bond donors (Lipinski definition) is 3. The van der Waals surface area contributed by atoms with Gasteiger partial charge in [-0.3, -0.25) is 14.4 Å². The number of alkyl halides is 6. The van der Waals surface area contributed by atoms with Crippen molar-refractivity contribution in [1.29, 1.82) is 0 Å². The summed E-state index contributed by atoms with van der Waals surface area (Å²) in [5.41, 5.74) is -2.71. The molecule has 3 amide bonds. The van der Waals surface area contributed by atoms with Crippen LogP contribution in [-0.2, 0) is 22.0 Å². The maximum Gasteiger partial charge on any atom is 0.419 e. The fourth-order valence-electron chi connectivity index (χ4n) is 5.70. The zero-order valence-corrected chi connectivity index (χ0v) is 26.2. The van der Waals surface area contributed by atoms with Crippen LogP contribution in [0.1, 0.15) is 36.7 Å². The van der Waals surface area contributed by atoms with Gasteiger partial charge < -0.3 is 30.2 Å². The van der Waals surface area contributed by atoms with E-state index in [4.69, 9.17) is 9.57 Å². The summed E-state index contributed by atoms with van der Waals surface area (Å²) in [6, 6.07) is 8.71. The van der Waals surface area contributed by atoms with E-state index in [0.29, 0.717) is 34.7 Å². The Labute approximate surface area is 281 Å². The summed E-state index contributed by atoms with van der Waals surface area (Å²) in [6.07, 6.45) is -10.3. The molecule has 3 aromatic carbocycles. The number of ether oxygens (including phenoxy) is 1. The van der Waals surface area contributed by atoms with Crippen molar-refractivity contribution in [1.82, 2.24) is 4.90 Å². The Morgan fingerprint density at radius 3 is 2.42 bits per heavy atom. The number of aliphatic hydroxyl groups excluding tert-OH is 1. The first kappa shape index (κ1) is 34.6. The van der Waals surface area contributed by atoms with Gasteiger partial charge in [-0.2, -0.15) is 26.3 Å². The SMILES string of the molecule is COc1ccc(C2=NOC3CN(C(=O)CO)CC23)cc1C(=O)Nc1c(C(=O)Nc2ccc(F)c(C(F)(F)F)c2)sc2cc(C(F)(F)F)ccc12. The van der Waals surface area contributed by atoms with Crippen LogP contribution >= 0.6 is 11.3 Å². The molecule has 50 heavy (non-hydrogen) atoms. The lowest BCUT2D eigenvalue weighted by molar-refractivity contribution is -0.140. The molecule has 2 aliphatic heterocycles. The number of amides is 3. The molecule has 3 N–H and O–H groups in total. The van der Waals surface area contributed by atoms with E-state index in [1.54, 1.807) is 6.07 Å². The number of nitrogens with one attached hydrogen (secondary N) is 2. The normalized spacial score (nSPS) is 17.3. The molecule has 1 aromatic heterocycles. The minimum absolute atomic E-state index is 0.0164. The fourth-order valence-corrected chi connectivity index (χ4v) is 6.79. The van der Waals surface area contributed by atoms with Gasteiger partial charge in [0.05, 0.1) is 47.7 Å². The standard InChI is InChI=1S/C32H23F7N4O6S/c1-48-22-7-2-14(26-19-11-43(25(45)13-44)12-23(19)49-42-26)8-18(22)29(46)41-27-17-5-3-15(31(34,35)36)9-24(17)50-28(27)30(47)40-16-4-6-21(33)20(10-16)32(37,38)39/h2-10,19,23,44H,11-13H2,1H3,(H,40,47)(H,41,46). The molecular weight excluding hydrogens is 701 g/mol. The first-order valence-corrected chi connectivity index (χ1v) is 15.3. The van der Waals surface area contributed by atoms with Crippen LogP contribution in [0.25, 0.3) is 10.1 Å². The number of carbonyl (C=O) groups excluding carboxylic acids is 3. The number of aliphatic hydroxyl groups is 1. The second-order valence-corrected chi connectivity index (χ2v) is 12.3. The summed E-state index contributed by atoms with van der Waals surface area (Å²) in [5, 5.41) is 18.1. The minimum Gasteiger partial charge on any atom is -0.496 e. The topological polar surface area (TPSA) is 130 Å². The average molecular weight is 725 g/mol. The van der Waals surface area contributed by atoms with Crippen LogP contribution in [0.15, 0.2) is 59.8 Å². The summed E-state index contributed by atoms with van der Waals surface area (Å²) in [7, 11) is 1.28. The highest BCUT2D eigenvalue weighted by Crippen LogP contribution is 2.41. The van der Waals surface area contributed by atoms with Crippen molar-refractivity contribution in [3.63, 3.8) is 0 Å². The van der Waals surface area contributed by atoms with E-state index >= 15 is 0 Å². The highest BCUT2D eigenvalue weighted by Gasteiger charge is 2.44. The highest BCUT2D eigenvalue weighted by atomic mass is 32.1. The van der Waals surface area contributed by atoms with E-state index in [1.807, 2.05) is 0 Å². The van der Waals surface area contributed by atoms with Crippen LogP contribution in [0.2, 0.25) is 0 Å². The molecule has 6 rings (SSSR count). The molecule has 2 unspecified atom stereocenters. The zero-order chi connectivity index (χ0) is 36.1. The minimum atomic E-state index is -5.09. The van der Waals surface area contributed by atoms with Crippen molar-refractivity contribution < 1.29 is 59.8 Å². The first-order chi connectivity index (χ1) is 23.6. The Kier molecular flexibility index (Phi) is 8.94. The number of fused-ring (bicyclic) bond motifs is 2. The van der Waals surface area contributed by atoms with Crippen LogP contribution < -0.4 is 15.4 Å². The predicted molar refractivity (Wildman–Crippen MR) is 166 cm³/mol. The quantitative estimate of drug-likeness (QED) is 0.197. The number of halogens is 7. The Hall–Kier alpha value is -5.23. The fraction of sp³-hybridized carbons (Fsp3) is 0.250.